The first-order valence-electron chi connectivity index (χ1n) is 36.8. The third-order valence-corrected chi connectivity index (χ3v) is 19.4. The number of rotatable bonds is 28. The van der Waals surface area contributed by atoms with Crippen LogP contribution in [0.2, 0.25) is 0 Å². The van der Waals surface area contributed by atoms with Crippen LogP contribution in [0.1, 0.15) is 160 Å². The van der Waals surface area contributed by atoms with Gasteiger partial charge in [-0.15, -0.1) is 0 Å². The summed E-state index contributed by atoms with van der Waals surface area (Å²) in [5.74, 6) is -26.9. The zero-order valence-electron chi connectivity index (χ0n) is 62.5. The number of carboxylic acid groups (broad SMARTS) is 2. The van der Waals surface area contributed by atoms with Crippen molar-refractivity contribution in [3.8, 4) is 0 Å². The molecule has 36 nitrogen and oxygen atoms in total. The molecule has 0 radical (unpaired) electrons. The number of unbranched alkanes of at least 4 members (excludes halogenated alkanes) is 2. The molecule has 602 valence electrons. The maximum atomic E-state index is 14.8. The molecule has 1 aromatic heterocycles. The molecular formula is C74H104N14O22. The van der Waals surface area contributed by atoms with Gasteiger partial charge in [0.05, 0.1) is 44.6 Å². The molecule has 1 aliphatic carbocycles. The number of aliphatic hydroxyl groups is 1. The van der Waals surface area contributed by atoms with Crippen molar-refractivity contribution >= 4 is 123 Å². The number of nitrogens with one attached hydrogen (secondary N) is 11. The van der Waals surface area contributed by atoms with E-state index in [4.69, 9.17) is 21.9 Å². The normalized spacial score (nSPS) is 24.1. The lowest BCUT2D eigenvalue weighted by atomic mass is 9.79. The fourth-order valence-corrected chi connectivity index (χ4v) is 12.9. The number of primary amides is 1. The van der Waals surface area contributed by atoms with E-state index in [1.807, 2.05) is 12.1 Å². The monoisotopic (exact) mass is 1540 g/mol. The molecule has 0 bridgehead atoms. The van der Waals surface area contributed by atoms with Crippen molar-refractivity contribution in [1.29, 1.82) is 0 Å². The quantitative estimate of drug-likeness (QED) is 0.0131. The minimum atomic E-state index is -2.53. The highest BCUT2D eigenvalue weighted by Crippen LogP contribution is 2.33. The van der Waals surface area contributed by atoms with Crippen LogP contribution >= 0.6 is 0 Å². The van der Waals surface area contributed by atoms with Gasteiger partial charge in [-0.05, 0) is 94.5 Å². The number of fused-ring (bicyclic) bond motifs is 1. The number of nitrogens with two attached hydrogens (primary N) is 3. The van der Waals surface area contributed by atoms with E-state index in [1.165, 1.54) is 45.9 Å². The SMILES string of the molecule is CCCCCC1CCC(C(=O)N[C@@H](Cc2c[nH]c3ccccc23)C(=O)N[C@H](CC(N)=O)C(=O)C[C@@H](C)C(=O)N[C@@H]2C(=O)NCC(=O)N[C@@H](CCCN)C(=O)N[C@@H](CC(=O)O)C(=O)C[C@H](C)C(=O)N[C@@H](C)C(=O)NCC(=O)N[C@H](CO)C(=O)C[C@@H]([C@H](C)CC(=O)O)C(=O)N[C@@H](C(=O)c3ccccc3N)C(=O)O[C@@H]2C)CC1. The number of amides is 11. The molecule has 5 rings (SSSR count). The number of esters is 1. The number of anilines is 1. The van der Waals surface area contributed by atoms with E-state index >= 15 is 0 Å². The number of cyclic esters (lactones) is 1. The number of para-hydroxylation sites is 2. The van der Waals surface area contributed by atoms with Gasteiger partial charge in [-0.2, -0.15) is 0 Å². The van der Waals surface area contributed by atoms with Crippen molar-refractivity contribution < 1.29 is 106 Å². The summed E-state index contributed by atoms with van der Waals surface area (Å²) >= 11 is 0. The largest absolute Gasteiger partial charge is 0.481 e. The maximum absolute atomic E-state index is 14.8. The molecule has 36 heteroatoms. The van der Waals surface area contributed by atoms with E-state index in [2.05, 4.69) is 65.1 Å². The second-order valence-corrected chi connectivity index (χ2v) is 28.3. The van der Waals surface area contributed by atoms with Gasteiger partial charge in [-0.3, -0.25) is 81.5 Å². The Hall–Kier alpha value is -11.0. The van der Waals surface area contributed by atoms with Crippen LogP contribution in [0.25, 0.3) is 10.9 Å². The summed E-state index contributed by atoms with van der Waals surface area (Å²) in [5.41, 5.74) is 18.2. The molecule has 1 aliphatic heterocycles. The molecule has 20 N–H and O–H groups in total. The lowest BCUT2D eigenvalue weighted by molar-refractivity contribution is -0.155. The second-order valence-electron chi connectivity index (χ2n) is 28.3. The number of aromatic amines is 1. The van der Waals surface area contributed by atoms with Crippen LogP contribution < -0.4 is 70.4 Å². The molecular weight excluding hydrogens is 1440 g/mol. The topological polar surface area (TPSA) is 591 Å². The molecule has 11 amide bonds. The number of carboxylic acids is 2. The zero-order chi connectivity index (χ0) is 81.6. The van der Waals surface area contributed by atoms with E-state index in [0.717, 1.165) is 62.4 Å². The summed E-state index contributed by atoms with van der Waals surface area (Å²) in [4.78, 5) is 252. The number of Topliss-reactive ketones (excluding diaryl/α,β-unsaturated/α-hetero) is 4. The Labute approximate surface area is 634 Å². The zero-order valence-corrected chi connectivity index (χ0v) is 62.5. The molecule has 110 heavy (non-hydrogen) atoms. The maximum Gasteiger partial charge on any atom is 0.337 e. The van der Waals surface area contributed by atoms with Gasteiger partial charge in [0.1, 0.15) is 36.3 Å². The van der Waals surface area contributed by atoms with Gasteiger partial charge in [-0.1, -0.05) is 83.7 Å². The number of aliphatic hydroxyl groups excluding tert-OH is 1. The number of aromatic nitrogens is 1. The van der Waals surface area contributed by atoms with Crippen LogP contribution in [-0.4, -0.2) is 207 Å². The summed E-state index contributed by atoms with van der Waals surface area (Å²) in [7, 11) is 0. The Balaban J connectivity index is 1.54. The van der Waals surface area contributed by atoms with Gasteiger partial charge < -0.3 is 95.4 Å². The van der Waals surface area contributed by atoms with E-state index < -0.39 is 254 Å². The first-order valence-corrected chi connectivity index (χ1v) is 36.8. The number of hydrogen-bond acceptors (Lipinski definition) is 22. The molecule has 3 aromatic rings. The number of carbonyl (C=O) groups is 18. The summed E-state index contributed by atoms with van der Waals surface area (Å²) in [5, 5.41) is 54.3. The Morgan fingerprint density at radius 3 is 1.91 bits per heavy atom. The van der Waals surface area contributed by atoms with Gasteiger partial charge >= 0.3 is 17.9 Å². The third kappa shape index (κ3) is 27.9. The number of nitrogen functional groups attached to an aromatic ring is 1. The van der Waals surface area contributed by atoms with Gasteiger partial charge in [0.25, 0.3) is 0 Å². The fourth-order valence-electron chi connectivity index (χ4n) is 12.9. The number of H-pyrrole nitrogens is 1. The summed E-state index contributed by atoms with van der Waals surface area (Å²) in [6, 6.07) is -2.28. The predicted molar refractivity (Wildman–Crippen MR) is 393 cm³/mol. The number of benzene rings is 2. The van der Waals surface area contributed by atoms with Crippen molar-refractivity contribution in [2.24, 2.45) is 47.0 Å². The van der Waals surface area contributed by atoms with Gasteiger partial charge in [-0.25, -0.2) is 4.79 Å². The standard InChI is InChI=1S/C74H104N14O22/c1-7-8-9-15-42-21-23-43(24-22-42)69(104)86-53(29-44-33-78-49-19-13-11-16-45(44)49)72(107)84-51(31-58(77)93)55(90)27-39(4)67(102)87-63-41(6)110-74(109)64(65(100)46-17-10-12-18-48(46)76)88-70(105)47(37(2)28-61(96)97)30-57(92)54(36-89)83-60(95)34-79-68(103)40(5)81-66(101)38(3)26-56(91)52(32-62(98)99)85-71(106)50(20-14-25-75)82-59(94)35-80-73(63)108/h10-13,16-19,33,37-43,47,50-54,63-64,78,89H,7-9,14-15,20-32,34-36,75-76H2,1-6H3,(H2,77,93)(H,79,103)(H,80,108)(H,81,101)(H,82,94)(H,83,95)(H,84,107)(H,85,106)(H,86,104)(H,87,102)(H,88,105)(H,96,97)(H,98,99)/t37-,38+,39-,40+,41-,42?,43?,47+,50+,51-,52+,53+,54-,63+,64+/m1/s1. The molecule has 1 saturated heterocycles. The van der Waals surface area contributed by atoms with E-state index in [9.17, 15) is 102 Å². The number of ketones is 4. The second kappa shape index (κ2) is 43.8. The molecule has 2 aromatic carbocycles. The highest BCUT2D eigenvalue weighted by Gasteiger charge is 2.42. The average molecular weight is 1540 g/mol. The third-order valence-electron chi connectivity index (χ3n) is 19.4. The Bertz CT molecular complexity index is 3860. The number of hydrogen-bond donors (Lipinski definition) is 17. The van der Waals surface area contributed by atoms with Crippen LogP contribution in [0.4, 0.5) is 5.69 Å². The first-order chi connectivity index (χ1) is 52.0. The molecule has 2 aliphatic rings. The minimum Gasteiger partial charge on any atom is -0.481 e. The molecule has 2 fully saturated rings. The van der Waals surface area contributed by atoms with Crippen molar-refractivity contribution in [2.75, 3.05) is 32.0 Å². The van der Waals surface area contributed by atoms with E-state index in [-0.39, 0.29) is 31.5 Å². The van der Waals surface area contributed by atoms with E-state index in [1.54, 1.807) is 18.3 Å². The van der Waals surface area contributed by atoms with E-state index in [0.29, 0.717) is 24.3 Å². The van der Waals surface area contributed by atoms with Gasteiger partial charge in [0, 0.05) is 84.1 Å². The van der Waals surface area contributed by atoms with Crippen LogP contribution in [0.15, 0.2) is 54.7 Å². The fraction of sp³-hybridized carbons (Fsp3) is 0.568. The Kier molecular flexibility index (Phi) is 35.7. The van der Waals surface area contributed by atoms with Crippen molar-refractivity contribution in [2.45, 2.75) is 205 Å². The summed E-state index contributed by atoms with van der Waals surface area (Å²) < 4.78 is 5.73. The lowest BCUT2D eigenvalue weighted by Gasteiger charge is -2.30. The van der Waals surface area contributed by atoms with Crippen LogP contribution in [-0.2, 0) is 92.7 Å². The minimum absolute atomic E-state index is 0.0119. The highest BCUT2D eigenvalue weighted by molar-refractivity contribution is 6.16. The van der Waals surface area contributed by atoms with Gasteiger partial charge in [0.15, 0.2) is 29.2 Å². The average Bonchev–Trinajstić information content (AvgIpc) is 1.52. The Morgan fingerprint density at radius 1 is 0.645 bits per heavy atom. The van der Waals surface area contributed by atoms with Crippen molar-refractivity contribution in [3.05, 3.63) is 65.9 Å². The lowest BCUT2D eigenvalue weighted by Crippen LogP contribution is -2.58. The van der Waals surface area contributed by atoms with Crippen LogP contribution in [0.5, 0.6) is 0 Å². The molecule has 13 atom stereocenters. The summed E-state index contributed by atoms with van der Waals surface area (Å²) in [6.07, 6.45) is 1.06. The van der Waals surface area contributed by atoms with Crippen molar-refractivity contribution in [3.63, 3.8) is 0 Å². The van der Waals surface area contributed by atoms with Crippen LogP contribution in [0, 0.1) is 35.5 Å². The van der Waals surface area contributed by atoms with Crippen LogP contribution in [0.3, 0.4) is 0 Å². The predicted octanol–water partition coefficient (Wildman–Crippen LogP) is -1.40. The van der Waals surface area contributed by atoms with Gasteiger partial charge in [0.2, 0.25) is 65.0 Å². The molecule has 0 spiro atoms. The molecule has 0 unspecified atom stereocenters. The number of carbonyl (C=O) groups excluding carboxylic acids is 16. The number of aliphatic carboxylic acids is 2. The molecule has 1 saturated carbocycles. The summed E-state index contributed by atoms with van der Waals surface area (Å²) in [6.45, 7) is 4.69. The van der Waals surface area contributed by atoms with Crippen molar-refractivity contribution in [1.82, 2.24) is 58.2 Å². The number of ether oxygens (including phenoxy) is 1. The Morgan fingerprint density at radius 2 is 1.28 bits per heavy atom. The smallest absolute Gasteiger partial charge is 0.337 e. The molecule has 2 heterocycles. The highest BCUT2D eigenvalue weighted by atomic mass is 16.5. The first kappa shape index (κ1) is 89.6.